The molecule has 2 aromatic heterocycles. The summed E-state index contributed by atoms with van der Waals surface area (Å²) < 4.78 is 0. The van der Waals surface area contributed by atoms with Gasteiger partial charge in [-0.25, -0.2) is 4.98 Å². The van der Waals surface area contributed by atoms with E-state index in [1.807, 2.05) is 12.1 Å². The summed E-state index contributed by atoms with van der Waals surface area (Å²) in [4.78, 5) is 20.9. The molecule has 3 rings (SSSR count). The van der Waals surface area contributed by atoms with Crippen molar-refractivity contribution in [3.05, 3.63) is 34.7 Å². The van der Waals surface area contributed by atoms with E-state index in [0.717, 1.165) is 42.9 Å². The van der Waals surface area contributed by atoms with Gasteiger partial charge in [-0.05, 0) is 12.1 Å². The van der Waals surface area contributed by atoms with Gasteiger partial charge in [0.15, 0.2) is 5.82 Å². The van der Waals surface area contributed by atoms with Crippen LogP contribution >= 0.6 is 0 Å². The molecule has 0 unspecified atom stereocenters. The lowest BCUT2D eigenvalue weighted by atomic mass is 10.2. The maximum atomic E-state index is 11.4. The highest BCUT2D eigenvalue weighted by Crippen LogP contribution is 2.20. The van der Waals surface area contributed by atoms with Crippen LogP contribution in [0.25, 0.3) is 10.9 Å². The number of fused-ring (bicyclic) bond motifs is 1. The van der Waals surface area contributed by atoms with Gasteiger partial charge in [-0.15, -0.1) is 0 Å². The van der Waals surface area contributed by atoms with Gasteiger partial charge in [0.25, 0.3) is 0 Å². The number of rotatable bonds is 1. The normalized spacial score (nSPS) is 16.4. The predicted molar refractivity (Wildman–Crippen MR) is 67.4 cm³/mol. The molecule has 17 heavy (non-hydrogen) atoms. The molecule has 0 spiro atoms. The fourth-order valence-corrected chi connectivity index (χ4v) is 2.18. The highest BCUT2D eigenvalue weighted by Gasteiger charge is 2.14. The number of aromatic amines is 1. The molecule has 0 radical (unpaired) electrons. The summed E-state index contributed by atoms with van der Waals surface area (Å²) in [5.41, 5.74) is 0.754. The second kappa shape index (κ2) is 4.18. The zero-order valence-corrected chi connectivity index (χ0v) is 9.44. The zero-order chi connectivity index (χ0) is 11.7. The summed E-state index contributed by atoms with van der Waals surface area (Å²) >= 11 is 0. The van der Waals surface area contributed by atoms with E-state index < -0.39 is 0 Å². The Balaban J connectivity index is 2.14. The highest BCUT2D eigenvalue weighted by atomic mass is 16.1. The van der Waals surface area contributed by atoms with Crippen molar-refractivity contribution in [3.63, 3.8) is 0 Å². The third-order valence-electron chi connectivity index (χ3n) is 3.04. The van der Waals surface area contributed by atoms with E-state index in [1.165, 1.54) is 0 Å². The van der Waals surface area contributed by atoms with E-state index >= 15 is 0 Å². The Bertz CT molecular complexity index is 586. The van der Waals surface area contributed by atoms with Crippen LogP contribution < -0.4 is 15.8 Å². The Kier molecular flexibility index (Phi) is 2.53. The van der Waals surface area contributed by atoms with E-state index in [1.54, 1.807) is 12.3 Å². The van der Waals surface area contributed by atoms with Crippen LogP contribution in [0.3, 0.4) is 0 Å². The van der Waals surface area contributed by atoms with Gasteiger partial charge in [-0.1, -0.05) is 0 Å². The molecule has 88 valence electrons. The lowest BCUT2D eigenvalue weighted by Crippen LogP contribution is -2.44. The molecule has 1 aliphatic heterocycles. The summed E-state index contributed by atoms with van der Waals surface area (Å²) in [7, 11) is 0. The van der Waals surface area contributed by atoms with Gasteiger partial charge in [-0.3, -0.25) is 4.79 Å². The molecule has 2 aromatic rings. The first-order valence-electron chi connectivity index (χ1n) is 5.78. The minimum Gasteiger partial charge on any atom is -0.352 e. The van der Waals surface area contributed by atoms with Crippen molar-refractivity contribution in [2.24, 2.45) is 0 Å². The smallest absolute Gasteiger partial charge is 0.248 e. The molecule has 1 saturated heterocycles. The fourth-order valence-electron chi connectivity index (χ4n) is 2.18. The Morgan fingerprint density at radius 3 is 2.82 bits per heavy atom. The number of nitrogens with zero attached hydrogens (tertiary/aromatic N) is 2. The number of aromatic nitrogens is 2. The van der Waals surface area contributed by atoms with Gasteiger partial charge in [0.1, 0.15) is 0 Å². The van der Waals surface area contributed by atoms with Crippen LogP contribution in [0.4, 0.5) is 5.82 Å². The molecule has 1 fully saturated rings. The molecule has 0 bridgehead atoms. The highest BCUT2D eigenvalue weighted by molar-refractivity contribution is 5.88. The van der Waals surface area contributed by atoms with Gasteiger partial charge in [0.2, 0.25) is 5.56 Å². The molecule has 3 heterocycles. The Morgan fingerprint density at radius 1 is 1.18 bits per heavy atom. The van der Waals surface area contributed by atoms with Crippen molar-refractivity contribution in [3.8, 4) is 0 Å². The molecule has 5 heteroatoms. The zero-order valence-electron chi connectivity index (χ0n) is 9.44. The number of piperazine rings is 1. The van der Waals surface area contributed by atoms with E-state index in [9.17, 15) is 4.79 Å². The number of hydrogen-bond acceptors (Lipinski definition) is 4. The third kappa shape index (κ3) is 1.89. The van der Waals surface area contributed by atoms with Crippen molar-refractivity contribution in [1.82, 2.24) is 15.3 Å². The molecule has 0 aromatic carbocycles. The monoisotopic (exact) mass is 230 g/mol. The number of hydrogen-bond donors (Lipinski definition) is 2. The first-order chi connectivity index (χ1) is 8.34. The van der Waals surface area contributed by atoms with Crippen molar-refractivity contribution in [2.75, 3.05) is 31.1 Å². The third-order valence-corrected chi connectivity index (χ3v) is 3.04. The molecule has 0 amide bonds. The predicted octanol–water partition coefficient (Wildman–Crippen LogP) is 0.333. The van der Waals surface area contributed by atoms with Crippen LogP contribution in [-0.2, 0) is 0 Å². The lowest BCUT2D eigenvalue weighted by Gasteiger charge is -2.28. The van der Waals surface area contributed by atoms with Gasteiger partial charge in [-0.2, -0.15) is 0 Å². The molecule has 0 saturated carbocycles. The minimum absolute atomic E-state index is 0.0816. The first kappa shape index (κ1) is 10.3. The molecular formula is C12H14N4O. The van der Waals surface area contributed by atoms with Crippen molar-refractivity contribution >= 4 is 16.7 Å². The molecular weight excluding hydrogens is 216 g/mol. The minimum atomic E-state index is -0.0816. The standard InChI is InChI=1S/C12H14N4O/c17-10-2-1-9-3-4-14-12(11(9)15-10)16-7-5-13-6-8-16/h1-4,13H,5-8H2,(H,15,17). The summed E-state index contributed by atoms with van der Waals surface area (Å²) in [5.74, 6) is 0.877. The number of nitrogens with one attached hydrogen (secondary N) is 2. The molecule has 0 aliphatic carbocycles. The van der Waals surface area contributed by atoms with Crippen LogP contribution in [0.2, 0.25) is 0 Å². The van der Waals surface area contributed by atoms with E-state index in [2.05, 4.69) is 20.2 Å². The topological polar surface area (TPSA) is 61.0 Å². The average molecular weight is 230 g/mol. The number of anilines is 1. The summed E-state index contributed by atoms with van der Waals surface area (Å²) in [6, 6.07) is 5.29. The second-order valence-corrected chi connectivity index (χ2v) is 4.16. The molecule has 0 atom stereocenters. The van der Waals surface area contributed by atoms with E-state index in [0.29, 0.717) is 0 Å². The largest absolute Gasteiger partial charge is 0.352 e. The average Bonchev–Trinajstić information content (AvgIpc) is 2.39. The van der Waals surface area contributed by atoms with E-state index in [4.69, 9.17) is 0 Å². The van der Waals surface area contributed by atoms with Gasteiger partial charge < -0.3 is 15.2 Å². The molecule has 1 aliphatic rings. The van der Waals surface area contributed by atoms with Crippen LogP contribution in [-0.4, -0.2) is 36.1 Å². The van der Waals surface area contributed by atoms with Crippen molar-refractivity contribution in [1.29, 1.82) is 0 Å². The van der Waals surface area contributed by atoms with Crippen LogP contribution in [0.5, 0.6) is 0 Å². The Labute approximate surface area is 98.5 Å². The Hall–Kier alpha value is -1.88. The maximum absolute atomic E-state index is 11.4. The number of pyridine rings is 2. The maximum Gasteiger partial charge on any atom is 0.248 e. The summed E-state index contributed by atoms with van der Waals surface area (Å²) in [5, 5.41) is 4.32. The lowest BCUT2D eigenvalue weighted by molar-refractivity contribution is 0.586. The van der Waals surface area contributed by atoms with Crippen molar-refractivity contribution in [2.45, 2.75) is 0 Å². The van der Waals surface area contributed by atoms with Gasteiger partial charge in [0.05, 0.1) is 5.52 Å². The number of H-pyrrole nitrogens is 1. The molecule has 5 nitrogen and oxygen atoms in total. The van der Waals surface area contributed by atoms with Gasteiger partial charge in [0, 0.05) is 43.8 Å². The second-order valence-electron chi connectivity index (χ2n) is 4.16. The molecule has 2 N–H and O–H groups in total. The van der Waals surface area contributed by atoms with Crippen LogP contribution in [0, 0.1) is 0 Å². The summed E-state index contributed by atoms with van der Waals surface area (Å²) in [6.45, 7) is 3.75. The SMILES string of the molecule is O=c1ccc2ccnc(N3CCNCC3)c2[nH]1. The van der Waals surface area contributed by atoms with Crippen LogP contribution in [0.15, 0.2) is 29.2 Å². The Morgan fingerprint density at radius 2 is 2.00 bits per heavy atom. The van der Waals surface area contributed by atoms with Crippen molar-refractivity contribution < 1.29 is 0 Å². The first-order valence-corrected chi connectivity index (χ1v) is 5.78. The summed E-state index contributed by atoms with van der Waals surface area (Å²) in [6.07, 6.45) is 1.79. The quantitative estimate of drug-likeness (QED) is 0.741. The van der Waals surface area contributed by atoms with Gasteiger partial charge >= 0.3 is 0 Å². The van der Waals surface area contributed by atoms with Crippen LogP contribution in [0.1, 0.15) is 0 Å². The van der Waals surface area contributed by atoms with E-state index in [-0.39, 0.29) is 5.56 Å². The fraction of sp³-hybridized carbons (Fsp3) is 0.333.